The number of aryl methyl sites for hydroxylation is 1. The molecule has 0 saturated heterocycles. The first-order valence-electron chi connectivity index (χ1n) is 7.22. The lowest BCUT2D eigenvalue weighted by Crippen LogP contribution is -2.15. The molecular weight excluding hydrogens is 294 g/mol. The molecule has 0 saturated carbocycles. The molecule has 23 heavy (non-hydrogen) atoms. The van der Waals surface area contributed by atoms with Gasteiger partial charge in [0, 0.05) is 11.8 Å². The van der Waals surface area contributed by atoms with Crippen molar-refractivity contribution in [3.8, 4) is 5.75 Å². The fraction of sp³-hybridized carbons (Fsp3) is 0.222. The molecule has 0 bridgehead atoms. The summed E-state index contributed by atoms with van der Waals surface area (Å²) in [4.78, 5) is 23.2. The summed E-state index contributed by atoms with van der Waals surface area (Å²) in [6.07, 6.45) is 0.305. The number of hydrogen-bond acceptors (Lipinski definition) is 4. The lowest BCUT2D eigenvalue weighted by atomic mass is 10.1. The van der Waals surface area contributed by atoms with Gasteiger partial charge >= 0.3 is 5.97 Å². The van der Waals surface area contributed by atoms with Crippen LogP contribution in [0.3, 0.4) is 0 Å². The van der Waals surface area contributed by atoms with Crippen molar-refractivity contribution in [2.45, 2.75) is 13.3 Å². The molecule has 0 unspecified atom stereocenters. The van der Waals surface area contributed by atoms with Gasteiger partial charge in [-0.05, 0) is 30.2 Å². The number of carbonyl (C=O) groups excluding carboxylic acids is 2. The van der Waals surface area contributed by atoms with Crippen molar-refractivity contribution >= 4 is 17.6 Å². The van der Waals surface area contributed by atoms with Gasteiger partial charge in [-0.2, -0.15) is 0 Å². The van der Waals surface area contributed by atoms with Crippen molar-refractivity contribution in [2.24, 2.45) is 0 Å². The molecular formula is C18H19NO4. The Hall–Kier alpha value is -2.82. The molecule has 2 aromatic carbocycles. The highest BCUT2D eigenvalue weighted by atomic mass is 16.6. The lowest BCUT2D eigenvalue weighted by Gasteiger charge is -2.09. The number of hydrogen-bond donors (Lipinski definition) is 1. The molecule has 120 valence electrons. The molecule has 0 radical (unpaired) electrons. The van der Waals surface area contributed by atoms with E-state index in [1.165, 1.54) is 7.11 Å². The Bertz CT molecular complexity index is 697. The van der Waals surface area contributed by atoms with Crippen molar-refractivity contribution in [1.29, 1.82) is 0 Å². The highest BCUT2D eigenvalue weighted by Crippen LogP contribution is 2.18. The van der Waals surface area contributed by atoms with Gasteiger partial charge in [0.25, 0.3) is 0 Å². The van der Waals surface area contributed by atoms with Crippen LogP contribution in [0.2, 0.25) is 0 Å². The van der Waals surface area contributed by atoms with E-state index >= 15 is 0 Å². The Morgan fingerprint density at radius 2 is 1.87 bits per heavy atom. The molecule has 0 atom stereocenters. The van der Waals surface area contributed by atoms with Gasteiger partial charge in [0.15, 0.2) is 6.61 Å². The van der Waals surface area contributed by atoms with Gasteiger partial charge in [-0.1, -0.05) is 30.3 Å². The topological polar surface area (TPSA) is 64.6 Å². The van der Waals surface area contributed by atoms with E-state index in [9.17, 15) is 9.59 Å². The third kappa shape index (κ3) is 5.14. The van der Waals surface area contributed by atoms with E-state index in [-0.39, 0.29) is 12.5 Å². The van der Waals surface area contributed by atoms with Gasteiger partial charge < -0.3 is 14.8 Å². The maximum Gasteiger partial charge on any atom is 0.343 e. The molecule has 0 aromatic heterocycles. The first kappa shape index (κ1) is 16.5. The first-order valence-corrected chi connectivity index (χ1v) is 7.22. The zero-order chi connectivity index (χ0) is 16.7. The predicted molar refractivity (Wildman–Crippen MR) is 87.5 cm³/mol. The summed E-state index contributed by atoms with van der Waals surface area (Å²) in [7, 11) is 1.30. The van der Waals surface area contributed by atoms with Crippen LogP contribution in [0.15, 0.2) is 48.5 Å². The molecule has 1 amide bonds. The summed E-state index contributed by atoms with van der Waals surface area (Å²) in [6, 6.07) is 14.7. The molecule has 0 heterocycles. The molecule has 1 N–H and O–H groups in total. The summed E-state index contributed by atoms with van der Waals surface area (Å²) >= 11 is 0. The van der Waals surface area contributed by atoms with Gasteiger partial charge in [0.1, 0.15) is 5.75 Å². The van der Waals surface area contributed by atoms with Crippen LogP contribution in [0.5, 0.6) is 5.75 Å². The molecule has 0 fully saturated rings. The maximum atomic E-state index is 12.1. The Morgan fingerprint density at radius 3 is 2.61 bits per heavy atom. The van der Waals surface area contributed by atoms with E-state index in [2.05, 4.69) is 10.1 Å². The molecule has 0 aliphatic heterocycles. The van der Waals surface area contributed by atoms with Crippen molar-refractivity contribution in [3.63, 3.8) is 0 Å². The van der Waals surface area contributed by atoms with Crippen LogP contribution in [-0.2, 0) is 20.7 Å². The fourth-order valence-corrected chi connectivity index (χ4v) is 2.05. The largest absolute Gasteiger partial charge is 0.482 e. The second-order valence-electron chi connectivity index (χ2n) is 5.04. The summed E-state index contributed by atoms with van der Waals surface area (Å²) in [5.41, 5.74) is 2.69. The van der Waals surface area contributed by atoms with Gasteiger partial charge in [-0.15, -0.1) is 0 Å². The Balaban J connectivity index is 1.96. The van der Waals surface area contributed by atoms with E-state index in [4.69, 9.17) is 4.74 Å². The summed E-state index contributed by atoms with van der Waals surface area (Å²) in [6.45, 7) is 1.81. The monoisotopic (exact) mass is 313 g/mol. The predicted octanol–water partition coefficient (Wildman–Crippen LogP) is 2.73. The van der Waals surface area contributed by atoms with Crippen molar-refractivity contribution < 1.29 is 19.1 Å². The molecule has 0 aliphatic carbocycles. The minimum absolute atomic E-state index is 0.107. The Morgan fingerprint density at radius 1 is 1.09 bits per heavy atom. The van der Waals surface area contributed by atoms with Crippen molar-refractivity contribution in [2.75, 3.05) is 19.0 Å². The normalized spacial score (nSPS) is 10.0. The summed E-state index contributed by atoms with van der Waals surface area (Å²) in [5, 5.41) is 2.82. The molecule has 2 aromatic rings. The third-order valence-electron chi connectivity index (χ3n) is 3.31. The fourth-order valence-electron chi connectivity index (χ4n) is 2.05. The number of esters is 1. The van der Waals surface area contributed by atoms with E-state index in [0.717, 1.165) is 11.1 Å². The average Bonchev–Trinajstić information content (AvgIpc) is 2.55. The maximum absolute atomic E-state index is 12.1. The third-order valence-corrected chi connectivity index (χ3v) is 3.31. The standard InChI is InChI=1S/C18H19NO4/c1-13-6-3-4-7-14(13)10-17(20)19-15-8-5-9-16(11-15)23-12-18(21)22-2/h3-9,11H,10,12H2,1-2H3,(H,19,20). The van der Waals surface area contributed by atoms with Gasteiger partial charge in [-0.25, -0.2) is 4.79 Å². The molecule has 2 rings (SSSR count). The highest BCUT2D eigenvalue weighted by molar-refractivity contribution is 5.92. The Kier molecular flexibility index (Phi) is 5.74. The number of rotatable bonds is 6. The number of nitrogens with one attached hydrogen (secondary N) is 1. The highest BCUT2D eigenvalue weighted by Gasteiger charge is 2.07. The van der Waals surface area contributed by atoms with Crippen LogP contribution in [0.25, 0.3) is 0 Å². The van der Waals surface area contributed by atoms with Crippen LogP contribution in [0.1, 0.15) is 11.1 Å². The van der Waals surface area contributed by atoms with Crippen molar-refractivity contribution in [3.05, 3.63) is 59.7 Å². The van der Waals surface area contributed by atoms with Crippen LogP contribution in [0, 0.1) is 6.92 Å². The lowest BCUT2D eigenvalue weighted by molar-refractivity contribution is -0.142. The number of ether oxygens (including phenoxy) is 2. The zero-order valence-corrected chi connectivity index (χ0v) is 13.2. The average molecular weight is 313 g/mol. The zero-order valence-electron chi connectivity index (χ0n) is 13.2. The van der Waals surface area contributed by atoms with Crippen LogP contribution < -0.4 is 10.1 Å². The van der Waals surface area contributed by atoms with E-state index in [1.807, 2.05) is 31.2 Å². The molecule has 0 spiro atoms. The molecule has 5 nitrogen and oxygen atoms in total. The first-order chi connectivity index (χ1) is 11.1. The van der Waals surface area contributed by atoms with Crippen LogP contribution in [-0.4, -0.2) is 25.6 Å². The van der Waals surface area contributed by atoms with E-state index in [0.29, 0.717) is 17.9 Å². The number of carbonyl (C=O) groups is 2. The van der Waals surface area contributed by atoms with Crippen LogP contribution in [0.4, 0.5) is 5.69 Å². The quantitative estimate of drug-likeness (QED) is 0.833. The SMILES string of the molecule is COC(=O)COc1cccc(NC(=O)Cc2ccccc2C)c1. The smallest absolute Gasteiger partial charge is 0.343 e. The summed E-state index contributed by atoms with van der Waals surface area (Å²) in [5.74, 6) is -0.0764. The molecule has 5 heteroatoms. The van der Waals surface area contributed by atoms with Crippen LogP contribution >= 0.6 is 0 Å². The number of anilines is 1. The van der Waals surface area contributed by atoms with E-state index in [1.54, 1.807) is 24.3 Å². The van der Waals surface area contributed by atoms with Crippen molar-refractivity contribution in [1.82, 2.24) is 0 Å². The second-order valence-corrected chi connectivity index (χ2v) is 5.04. The summed E-state index contributed by atoms with van der Waals surface area (Å²) < 4.78 is 9.80. The Labute approximate surface area is 135 Å². The van der Waals surface area contributed by atoms with E-state index < -0.39 is 5.97 Å². The minimum Gasteiger partial charge on any atom is -0.482 e. The van der Waals surface area contributed by atoms with Gasteiger partial charge in [0.2, 0.25) is 5.91 Å². The van der Waals surface area contributed by atoms with Gasteiger partial charge in [-0.3, -0.25) is 4.79 Å². The number of methoxy groups -OCH3 is 1. The second kappa shape index (κ2) is 7.98. The number of benzene rings is 2. The van der Waals surface area contributed by atoms with Gasteiger partial charge in [0.05, 0.1) is 13.5 Å². The number of amides is 1. The molecule has 0 aliphatic rings. The minimum atomic E-state index is -0.459.